The van der Waals surface area contributed by atoms with Crippen LogP contribution in [0.15, 0.2) is 69.6 Å². The second-order valence-electron chi connectivity index (χ2n) is 9.55. The van der Waals surface area contributed by atoms with Crippen molar-refractivity contribution < 1.29 is 23.4 Å². The summed E-state index contributed by atoms with van der Waals surface area (Å²) in [6.07, 6.45) is 1.83. The van der Waals surface area contributed by atoms with Gasteiger partial charge in [0.2, 0.25) is 0 Å². The molecule has 0 fully saturated rings. The molecule has 0 radical (unpaired) electrons. The van der Waals surface area contributed by atoms with Gasteiger partial charge in [0.15, 0.2) is 4.80 Å². The van der Waals surface area contributed by atoms with Crippen molar-refractivity contribution in [2.45, 2.75) is 33.7 Å². The number of thiazole rings is 1. The Morgan fingerprint density at radius 2 is 1.80 bits per heavy atom. The van der Waals surface area contributed by atoms with Crippen LogP contribution in [0, 0.1) is 19.7 Å². The summed E-state index contributed by atoms with van der Waals surface area (Å²) in [4.78, 5) is 32.4. The Morgan fingerprint density at radius 3 is 2.46 bits per heavy atom. The number of aryl methyl sites for hydroxylation is 1. The Labute approximate surface area is 240 Å². The van der Waals surface area contributed by atoms with Crippen molar-refractivity contribution in [3.63, 3.8) is 0 Å². The van der Waals surface area contributed by atoms with Crippen molar-refractivity contribution in [3.05, 3.63) is 108 Å². The Hall–Kier alpha value is -4.44. The van der Waals surface area contributed by atoms with Gasteiger partial charge in [-0.25, -0.2) is 14.2 Å². The van der Waals surface area contributed by atoms with Crippen molar-refractivity contribution in [3.8, 4) is 17.2 Å². The van der Waals surface area contributed by atoms with Crippen molar-refractivity contribution in [1.29, 1.82) is 0 Å². The van der Waals surface area contributed by atoms with Crippen LogP contribution in [-0.2, 0) is 9.53 Å². The van der Waals surface area contributed by atoms with Crippen molar-refractivity contribution in [2.24, 2.45) is 4.99 Å². The highest BCUT2D eigenvalue weighted by Crippen LogP contribution is 2.37. The predicted octanol–water partition coefficient (Wildman–Crippen LogP) is 4.36. The van der Waals surface area contributed by atoms with Crippen molar-refractivity contribution >= 4 is 23.4 Å². The van der Waals surface area contributed by atoms with Gasteiger partial charge in [0.25, 0.3) is 5.56 Å². The Kier molecular flexibility index (Phi) is 7.68. The third kappa shape index (κ3) is 4.99. The van der Waals surface area contributed by atoms with Crippen LogP contribution in [0.4, 0.5) is 4.39 Å². The highest BCUT2D eigenvalue weighted by molar-refractivity contribution is 7.07. The van der Waals surface area contributed by atoms with E-state index in [1.54, 1.807) is 51.3 Å². The zero-order valence-electron chi connectivity index (χ0n) is 23.6. The number of benzene rings is 2. The second-order valence-corrected chi connectivity index (χ2v) is 10.6. The van der Waals surface area contributed by atoms with Gasteiger partial charge in [0, 0.05) is 22.6 Å². The summed E-state index contributed by atoms with van der Waals surface area (Å²) in [5.74, 6) is 0.178. The van der Waals surface area contributed by atoms with Gasteiger partial charge < -0.3 is 18.8 Å². The quantitative estimate of drug-likeness (QED) is 0.306. The lowest BCUT2D eigenvalue weighted by molar-refractivity contribution is -0.139. The average molecular weight is 576 g/mol. The minimum absolute atomic E-state index is 0.172. The molecule has 1 aliphatic heterocycles. The Bertz CT molecular complexity index is 1860. The molecule has 3 heterocycles. The molecular weight excluding hydrogens is 545 g/mol. The van der Waals surface area contributed by atoms with Crippen LogP contribution in [0.1, 0.15) is 42.4 Å². The summed E-state index contributed by atoms with van der Waals surface area (Å²) in [6, 6.07) is 12.7. The molecule has 1 aliphatic rings. The fraction of sp³-hybridized carbons (Fsp3) is 0.258. The number of fused-ring (bicyclic) bond motifs is 1. The first-order valence-electron chi connectivity index (χ1n) is 13.0. The SMILES string of the molecule is CCOC(=O)C1=C(C)N=c2sc(=Cc3cc(C)n(-c4ccc(F)cc4)c3C)c(=O)n2[C@@H]1c1cc(OC)ccc1OC. The van der Waals surface area contributed by atoms with E-state index in [1.807, 2.05) is 30.6 Å². The summed E-state index contributed by atoms with van der Waals surface area (Å²) in [5, 5.41) is 0. The largest absolute Gasteiger partial charge is 0.497 e. The number of carbonyl (C=O) groups is 1. The summed E-state index contributed by atoms with van der Waals surface area (Å²) in [7, 11) is 3.08. The molecule has 4 aromatic rings. The van der Waals surface area contributed by atoms with Crippen LogP contribution < -0.4 is 24.4 Å². The molecule has 0 unspecified atom stereocenters. The maximum absolute atomic E-state index is 14.1. The van der Waals surface area contributed by atoms with Gasteiger partial charge >= 0.3 is 5.97 Å². The van der Waals surface area contributed by atoms with E-state index in [9.17, 15) is 14.0 Å². The number of allylic oxidation sites excluding steroid dienone is 1. The van der Waals surface area contributed by atoms with Crippen LogP contribution >= 0.6 is 11.3 Å². The van der Waals surface area contributed by atoms with Crippen LogP contribution in [0.5, 0.6) is 11.5 Å². The first-order valence-corrected chi connectivity index (χ1v) is 13.9. The van der Waals surface area contributed by atoms with E-state index in [4.69, 9.17) is 14.2 Å². The Morgan fingerprint density at radius 1 is 1.07 bits per heavy atom. The summed E-state index contributed by atoms with van der Waals surface area (Å²) in [5.41, 5.74) is 4.49. The summed E-state index contributed by atoms with van der Waals surface area (Å²) >= 11 is 1.24. The topological polar surface area (TPSA) is 84.1 Å². The number of hydrogen-bond acceptors (Lipinski definition) is 7. The molecule has 212 valence electrons. The van der Waals surface area contributed by atoms with E-state index in [0.29, 0.717) is 32.1 Å². The maximum Gasteiger partial charge on any atom is 0.338 e. The summed E-state index contributed by atoms with van der Waals surface area (Å²) < 4.78 is 34.0. The van der Waals surface area contributed by atoms with Crippen LogP contribution in [0.2, 0.25) is 0 Å². The van der Waals surface area contributed by atoms with E-state index >= 15 is 0 Å². The van der Waals surface area contributed by atoms with E-state index in [-0.39, 0.29) is 23.6 Å². The molecule has 0 saturated carbocycles. The number of aromatic nitrogens is 2. The van der Waals surface area contributed by atoms with Gasteiger partial charge in [-0.3, -0.25) is 9.36 Å². The van der Waals surface area contributed by atoms with Crippen LogP contribution in [0.3, 0.4) is 0 Å². The molecule has 2 aromatic carbocycles. The molecule has 2 aromatic heterocycles. The zero-order valence-corrected chi connectivity index (χ0v) is 24.5. The minimum atomic E-state index is -0.843. The number of ether oxygens (including phenoxy) is 3. The normalized spacial score (nSPS) is 15.0. The molecule has 10 heteroatoms. The fourth-order valence-corrected chi connectivity index (χ4v) is 6.24. The van der Waals surface area contributed by atoms with E-state index < -0.39 is 12.0 Å². The lowest BCUT2D eigenvalue weighted by Gasteiger charge is -2.26. The summed E-state index contributed by atoms with van der Waals surface area (Å²) in [6.45, 7) is 7.54. The van der Waals surface area contributed by atoms with Crippen LogP contribution in [0.25, 0.3) is 11.8 Å². The van der Waals surface area contributed by atoms with Gasteiger partial charge in [-0.05, 0) is 87.9 Å². The third-order valence-electron chi connectivity index (χ3n) is 7.09. The number of nitrogens with zero attached hydrogens (tertiary/aromatic N) is 3. The molecule has 0 spiro atoms. The fourth-order valence-electron chi connectivity index (χ4n) is 5.20. The number of halogens is 1. The number of methoxy groups -OCH3 is 2. The highest BCUT2D eigenvalue weighted by atomic mass is 32.1. The molecule has 5 rings (SSSR count). The maximum atomic E-state index is 14.1. The van der Waals surface area contributed by atoms with Crippen molar-refractivity contribution in [2.75, 3.05) is 20.8 Å². The molecule has 8 nitrogen and oxygen atoms in total. The molecule has 0 aliphatic carbocycles. The lowest BCUT2D eigenvalue weighted by atomic mass is 9.94. The van der Waals surface area contributed by atoms with Gasteiger partial charge in [0.05, 0.1) is 36.6 Å². The first kappa shape index (κ1) is 28.1. The Balaban J connectivity index is 1.73. The second kappa shape index (κ2) is 11.2. The average Bonchev–Trinajstić information content (AvgIpc) is 3.41. The molecule has 0 saturated heterocycles. The molecule has 1 atom stereocenters. The zero-order chi connectivity index (χ0) is 29.4. The number of rotatable bonds is 7. The van der Waals surface area contributed by atoms with Crippen molar-refractivity contribution in [1.82, 2.24) is 9.13 Å². The monoisotopic (exact) mass is 575 g/mol. The molecule has 0 bridgehead atoms. The lowest BCUT2D eigenvalue weighted by Crippen LogP contribution is -2.40. The number of esters is 1. The van der Waals surface area contributed by atoms with Crippen LogP contribution in [-0.4, -0.2) is 35.9 Å². The molecular formula is C31H30FN3O5S. The molecule has 0 amide bonds. The van der Waals surface area contributed by atoms with Gasteiger partial charge in [-0.2, -0.15) is 0 Å². The van der Waals surface area contributed by atoms with E-state index in [0.717, 1.165) is 22.6 Å². The van der Waals surface area contributed by atoms with Gasteiger partial charge in [-0.1, -0.05) is 11.3 Å². The first-order chi connectivity index (χ1) is 19.7. The predicted molar refractivity (Wildman–Crippen MR) is 155 cm³/mol. The number of carbonyl (C=O) groups excluding carboxylic acids is 1. The molecule has 41 heavy (non-hydrogen) atoms. The highest BCUT2D eigenvalue weighted by Gasteiger charge is 2.35. The number of hydrogen-bond donors (Lipinski definition) is 0. The molecule has 0 N–H and O–H groups in total. The van der Waals surface area contributed by atoms with E-state index in [1.165, 1.54) is 35.1 Å². The standard InChI is InChI=1S/C31H30FN3O5S/c1-7-40-30(37)27-18(3)33-31-35(28(27)24-16-23(38-5)12-13-25(24)39-6)29(36)26(41-31)15-20-14-17(2)34(19(20)4)22-10-8-21(32)9-11-22/h8-16,28H,7H2,1-6H3/t28-/m1/s1. The third-order valence-corrected chi connectivity index (χ3v) is 8.07. The smallest absolute Gasteiger partial charge is 0.338 e. The van der Waals surface area contributed by atoms with E-state index in [2.05, 4.69) is 4.99 Å². The minimum Gasteiger partial charge on any atom is -0.497 e. The van der Waals surface area contributed by atoms with Gasteiger partial charge in [0.1, 0.15) is 23.4 Å². The van der Waals surface area contributed by atoms with Gasteiger partial charge in [-0.15, -0.1) is 0 Å².